The molecule has 7 nitrogen and oxygen atoms in total. The fraction of sp³-hybridized carbons (Fsp3) is 0.680. The Labute approximate surface area is 206 Å². The van der Waals surface area contributed by atoms with Crippen molar-refractivity contribution in [3.8, 4) is 0 Å². The van der Waals surface area contributed by atoms with Crippen LogP contribution in [0.3, 0.4) is 0 Å². The molecule has 9 heteroatoms. The maximum Gasteiger partial charge on any atom is 0.317 e. The monoisotopic (exact) mass is 496 g/mol. The molecule has 1 heterocycles. The second kappa shape index (κ2) is 13.3. The lowest BCUT2D eigenvalue weighted by atomic mass is 9.85. The summed E-state index contributed by atoms with van der Waals surface area (Å²) in [6.07, 6.45) is 8.05. The number of urea groups is 1. The number of rotatable bonds is 10. The SMILES string of the molecule is CNCC(CC1CCCCC1)NC(=O)N1CCCC([C@H](OCC(N)=O)c2cccc(Cl)c2F)C1. The maximum atomic E-state index is 14.8. The average molecular weight is 497 g/mol. The van der Waals surface area contributed by atoms with Gasteiger partial charge in [0.1, 0.15) is 12.4 Å². The van der Waals surface area contributed by atoms with E-state index in [0.29, 0.717) is 19.0 Å². The van der Waals surface area contributed by atoms with E-state index in [9.17, 15) is 14.0 Å². The first kappa shape index (κ1) is 26.7. The zero-order chi connectivity index (χ0) is 24.5. The fourth-order valence-corrected chi connectivity index (χ4v) is 5.55. The summed E-state index contributed by atoms with van der Waals surface area (Å²) in [7, 11) is 1.90. The molecule has 1 saturated carbocycles. The summed E-state index contributed by atoms with van der Waals surface area (Å²) in [5.41, 5.74) is 5.57. The number of nitrogens with two attached hydrogens (primary N) is 1. The molecule has 1 aromatic rings. The number of nitrogens with one attached hydrogen (secondary N) is 2. The van der Waals surface area contributed by atoms with Gasteiger partial charge in [0, 0.05) is 37.2 Å². The molecule has 3 rings (SSSR count). The summed E-state index contributed by atoms with van der Waals surface area (Å²) < 4.78 is 20.6. The predicted molar refractivity (Wildman–Crippen MR) is 131 cm³/mol. The molecule has 4 N–H and O–H groups in total. The minimum absolute atomic E-state index is 0.00629. The largest absolute Gasteiger partial charge is 0.368 e. The van der Waals surface area contributed by atoms with Gasteiger partial charge in [0.2, 0.25) is 5.91 Å². The number of benzene rings is 1. The number of likely N-dealkylation sites (N-methyl/N-ethyl adjacent to an activating group) is 1. The van der Waals surface area contributed by atoms with Crippen LogP contribution in [0.4, 0.5) is 9.18 Å². The number of hydrogen-bond acceptors (Lipinski definition) is 4. The molecule has 1 aliphatic carbocycles. The first-order valence-electron chi connectivity index (χ1n) is 12.4. The van der Waals surface area contributed by atoms with Crippen LogP contribution in [0.1, 0.15) is 63.0 Å². The lowest BCUT2D eigenvalue weighted by Gasteiger charge is -2.38. The third-order valence-corrected chi connectivity index (χ3v) is 7.28. The van der Waals surface area contributed by atoms with E-state index in [0.717, 1.165) is 25.8 Å². The molecule has 1 aromatic carbocycles. The highest BCUT2D eigenvalue weighted by molar-refractivity contribution is 6.30. The normalized spacial score (nSPS) is 21.1. The van der Waals surface area contributed by atoms with Crippen LogP contribution in [-0.2, 0) is 9.53 Å². The van der Waals surface area contributed by atoms with Crippen LogP contribution in [-0.4, -0.2) is 56.2 Å². The van der Waals surface area contributed by atoms with Crippen LogP contribution in [0.15, 0.2) is 18.2 Å². The van der Waals surface area contributed by atoms with Crippen LogP contribution in [0.25, 0.3) is 0 Å². The minimum atomic E-state index is -0.725. The van der Waals surface area contributed by atoms with E-state index < -0.39 is 17.8 Å². The van der Waals surface area contributed by atoms with Gasteiger partial charge in [-0.05, 0) is 38.3 Å². The van der Waals surface area contributed by atoms with Crippen LogP contribution in [0.5, 0.6) is 0 Å². The van der Waals surface area contributed by atoms with Gasteiger partial charge < -0.3 is 26.0 Å². The van der Waals surface area contributed by atoms with E-state index in [2.05, 4.69) is 10.6 Å². The van der Waals surface area contributed by atoms with E-state index in [1.807, 2.05) is 7.05 Å². The van der Waals surface area contributed by atoms with E-state index in [4.69, 9.17) is 22.1 Å². The zero-order valence-electron chi connectivity index (χ0n) is 20.0. The summed E-state index contributed by atoms with van der Waals surface area (Å²) in [4.78, 5) is 26.4. The number of ether oxygens (including phenoxy) is 1. The average Bonchev–Trinajstić information content (AvgIpc) is 2.82. The van der Waals surface area contributed by atoms with Gasteiger partial charge in [0.05, 0.1) is 11.1 Å². The number of halogens is 2. The Bertz CT molecular complexity index is 821. The second-order valence-corrected chi connectivity index (χ2v) is 10.0. The summed E-state index contributed by atoms with van der Waals surface area (Å²) in [5.74, 6) is -0.732. The van der Waals surface area contributed by atoms with Crippen LogP contribution in [0.2, 0.25) is 5.02 Å². The Balaban J connectivity index is 1.68. The van der Waals surface area contributed by atoms with Crippen molar-refractivity contribution < 1.29 is 18.7 Å². The highest BCUT2D eigenvalue weighted by atomic mass is 35.5. The molecule has 0 spiro atoms. The molecule has 2 unspecified atom stereocenters. The number of amides is 3. The first-order chi connectivity index (χ1) is 16.4. The minimum Gasteiger partial charge on any atom is -0.368 e. The number of nitrogens with zero attached hydrogens (tertiary/aromatic N) is 1. The summed E-state index contributed by atoms with van der Waals surface area (Å²) in [6, 6.07) is 4.69. The number of piperidine rings is 1. The standard InChI is InChI=1S/C25H38ClFN4O3/c1-29-14-19(13-17-7-3-2-4-8-17)30-25(33)31-12-6-9-18(15-31)24(34-16-22(28)32)20-10-5-11-21(26)23(20)27/h5,10-11,17-19,24,29H,2-4,6-9,12-16H2,1H3,(H2,28,32)(H,30,33)/t18?,19?,24-/m0/s1. The van der Waals surface area contributed by atoms with Gasteiger partial charge in [-0.15, -0.1) is 0 Å². The second-order valence-electron chi connectivity index (χ2n) is 9.63. The third-order valence-electron chi connectivity index (χ3n) is 6.99. The number of carbonyl (C=O) groups is 2. The Kier molecular flexibility index (Phi) is 10.4. The van der Waals surface area contributed by atoms with Gasteiger partial charge in [0.25, 0.3) is 0 Å². The molecule has 0 aromatic heterocycles. The topological polar surface area (TPSA) is 96.7 Å². The number of carbonyl (C=O) groups excluding carboxylic acids is 2. The van der Waals surface area contributed by atoms with E-state index in [-0.39, 0.29) is 35.2 Å². The Morgan fingerprint density at radius 3 is 2.71 bits per heavy atom. The molecule has 3 atom stereocenters. The van der Waals surface area contributed by atoms with Crippen molar-refractivity contribution in [3.05, 3.63) is 34.6 Å². The van der Waals surface area contributed by atoms with E-state index in [1.165, 1.54) is 38.2 Å². The molecular formula is C25H38ClFN4O3. The molecule has 2 aliphatic rings. The van der Waals surface area contributed by atoms with Crippen molar-refractivity contribution in [2.45, 2.75) is 63.5 Å². The molecule has 0 bridgehead atoms. The molecule has 1 aliphatic heterocycles. The maximum absolute atomic E-state index is 14.8. The summed E-state index contributed by atoms with van der Waals surface area (Å²) in [6.45, 7) is 1.41. The quantitative estimate of drug-likeness (QED) is 0.456. The van der Waals surface area contributed by atoms with E-state index >= 15 is 0 Å². The zero-order valence-corrected chi connectivity index (χ0v) is 20.8. The number of primary amides is 1. The van der Waals surface area contributed by atoms with Gasteiger partial charge in [0.15, 0.2) is 0 Å². The van der Waals surface area contributed by atoms with Gasteiger partial charge in [-0.2, -0.15) is 0 Å². The van der Waals surface area contributed by atoms with Crippen LogP contribution in [0, 0.1) is 17.7 Å². The molecule has 3 amide bonds. The first-order valence-corrected chi connectivity index (χ1v) is 12.8. The Hall–Kier alpha value is -1.90. The van der Waals surface area contributed by atoms with Crippen molar-refractivity contribution in [2.75, 3.05) is 33.3 Å². The highest BCUT2D eigenvalue weighted by Gasteiger charge is 2.34. The molecule has 1 saturated heterocycles. The van der Waals surface area contributed by atoms with Gasteiger partial charge >= 0.3 is 6.03 Å². The number of hydrogen-bond donors (Lipinski definition) is 3. The molecule has 2 fully saturated rings. The number of likely N-dealkylation sites (tertiary alicyclic amines) is 1. The molecule has 34 heavy (non-hydrogen) atoms. The third kappa shape index (κ3) is 7.55. The fourth-order valence-electron chi connectivity index (χ4n) is 5.36. The van der Waals surface area contributed by atoms with Crippen molar-refractivity contribution in [3.63, 3.8) is 0 Å². The lowest BCUT2D eigenvalue weighted by Crippen LogP contribution is -2.52. The van der Waals surface area contributed by atoms with Gasteiger partial charge in [-0.25, -0.2) is 9.18 Å². The van der Waals surface area contributed by atoms with Gasteiger partial charge in [-0.1, -0.05) is 55.8 Å². The smallest absolute Gasteiger partial charge is 0.317 e. The predicted octanol–water partition coefficient (Wildman–Crippen LogP) is 4.00. The summed E-state index contributed by atoms with van der Waals surface area (Å²) in [5, 5.41) is 6.41. The van der Waals surface area contributed by atoms with Crippen molar-refractivity contribution in [1.29, 1.82) is 0 Å². The van der Waals surface area contributed by atoms with Crippen LogP contribution >= 0.6 is 11.6 Å². The molecule has 190 valence electrons. The summed E-state index contributed by atoms with van der Waals surface area (Å²) >= 11 is 6.00. The molecular weight excluding hydrogens is 459 g/mol. The van der Waals surface area contributed by atoms with Crippen molar-refractivity contribution in [2.24, 2.45) is 17.6 Å². The van der Waals surface area contributed by atoms with Crippen LogP contribution < -0.4 is 16.4 Å². The highest BCUT2D eigenvalue weighted by Crippen LogP contribution is 2.36. The van der Waals surface area contributed by atoms with Crippen molar-refractivity contribution >= 4 is 23.5 Å². The Morgan fingerprint density at radius 2 is 2.00 bits per heavy atom. The molecule has 0 radical (unpaired) electrons. The lowest BCUT2D eigenvalue weighted by molar-refractivity contribution is -0.126. The Morgan fingerprint density at radius 1 is 1.24 bits per heavy atom. The van der Waals surface area contributed by atoms with E-state index in [1.54, 1.807) is 17.0 Å². The van der Waals surface area contributed by atoms with Crippen molar-refractivity contribution in [1.82, 2.24) is 15.5 Å². The van der Waals surface area contributed by atoms with Gasteiger partial charge in [-0.3, -0.25) is 4.79 Å².